The molecule has 2 rings (SSSR count). The lowest BCUT2D eigenvalue weighted by molar-refractivity contribution is -0.121. The molecule has 0 bridgehead atoms. The third-order valence-electron chi connectivity index (χ3n) is 3.63. The summed E-state index contributed by atoms with van der Waals surface area (Å²) in [6.07, 6.45) is 6.14. The Morgan fingerprint density at radius 1 is 1.31 bits per heavy atom. The van der Waals surface area contributed by atoms with Gasteiger partial charge in [-0.05, 0) is 26.2 Å². The fraction of sp³-hybridized carbons (Fsp3) is 0.917. The van der Waals surface area contributed by atoms with Gasteiger partial charge in [-0.25, -0.2) is 0 Å². The number of amides is 1. The van der Waals surface area contributed by atoms with Crippen molar-refractivity contribution in [2.75, 3.05) is 13.2 Å². The van der Waals surface area contributed by atoms with Crippen molar-refractivity contribution in [3.05, 3.63) is 0 Å². The minimum Gasteiger partial charge on any atom is -0.376 e. The molecule has 1 aliphatic heterocycles. The number of nitrogens with one attached hydrogen (secondary N) is 2. The molecule has 1 saturated carbocycles. The molecular weight excluding hydrogens is 204 g/mol. The van der Waals surface area contributed by atoms with Crippen molar-refractivity contribution in [2.24, 2.45) is 0 Å². The average molecular weight is 226 g/mol. The Bertz CT molecular complexity index is 239. The Kier molecular flexibility index (Phi) is 4.18. The summed E-state index contributed by atoms with van der Waals surface area (Å²) in [5, 5.41) is 6.34. The second kappa shape index (κ2) is 5.64. The highest BCUT2D eigenvalue weighted by Gasteiger charge is 2.25. The van der Waals surface area contributed by atoms with Crippen LogP contribution in [0, 0.1) is 0 Å². The molecule has 2 atom stereocenters. The maximum absolute atomic E-state index is 11.7. The van der Waals surface area contributed by atoms with Crippen LogP contribution in [0.2, 0.25) is 0 Å². The molecule has 4 nitrogen and oxygen atoms in total. The van der Waals surface area contributed by atoms with Gasteiger partial charge in [-0.15, -0.1) is 0 Å². The summed E-state index contributed by atoms with van der Waals surface area (Å²) in [6.45, 7) is 3.23. The molecule has 0 spiro atoms. The van der Waals surface area contributed by atoms with Gasteiger partial charge in [-0.3, -0.25) is 4.79 Å². The number of ether oxygens (including phenoxy) is 1. The van der Waals surface area contributed by atoms with E-state index in [1.165, 1.54) is 25.7 Å². The van der Waals surface area contributed by atoms with E-state index in [0.29, 0.717) is 12.6 Å². The summed E-state index contributed by atoms with van der Waals surface area (Å²) < 4.78 is 5.41. The predicted octanol–water partition coefficient (Wildman–Crippen LogP) is 0.812. The van der Waals surface area contributed by atoms with Gasteiger partial charge in [0.15, 0.2) is 0 Å². The highest BCUT2D eigenvalue weighted by molar-refractivity contribution is 5.78. The molecular formula is C12H22N2O2. The first kappa shape index (κ1) is 11.9. The molecule has 1 amide bonds. The Labute approximate surface area is 97.1 Å². The summed E-state index contributed by atoms with van der Waals surface area (Å²) in [7, 11) is 0. The lowest BCUT2D eigenvalue weighted by atomic mass is 10.1. The highest BCUT2D eigenvalue weighted by Crippen LogP contribution is 2.17. The monoisotopic (exact) mass is 226 g/mol. The molecule has 1 saturated heterocycles. The summed E-state index contributed by atoms with van der Waals surface area (Å²) in [6, 6.07) is 0.765. The quantitative estimate of drug-likeness (QED) is 0.746. The third kappa shape index (κ3) is 3.19. The van der Waals surface area contributed by atoms with E-state index >= 15 is 0 Å². The first-order valence-electron chi connectivity index (χ1n) is 6.40. The lowest BCUT2D eigenvalue weighted by Crippen LogP contribution is -2.45. The standard InChI is InChI=1S/C12H22N2O2/c1-9-11(6-7-16-9)14-12(15)8-13-10-4-2-3-5-10/h9-11,13H,2-8H2,1H3,(H,14,15). The zero-order chi connectivity index (χ0) is 11.4. The number of hydrogen-bond donors (Lipinski definition) is 2. The average Bonchev–Trinajstić information content (AvgIpc) is 2.88. The lowest BCUT2D eigenvalue weighted by Gasteiger charge is -2.17. The Morgan fingerprint density at radius 2 is 2.06 bits per heavy atom. The molecule has 0 radical (unpaired) electrons. The highest BCUT2D eigenvalue weighted by atomic mass is 16.5. The van der Waals surface area contributed by atoms with Gasteiger partial charge in [0, 0.05) is 12.6 Å². The van der Waals surface area contributed by atoms with E-state index in [4.69, 9.17) is 4.74 Å². The van der Waals surface area contributed by atoms with Crippen LogP contribution in [0.5, 0.6) is 0 Å². The van der Waals surface area contributed by atoms with Crippen LogP contribution in [0.25, 0.3) is 0 Å². The van der Waals surface area contributed by atoms with Gasteiger partial charge in [0.05, 0.1) is 18.7 Å². The maximum atomic E-state index is 11.7. The van der Waals surface area contributed by atoms with Crippen molar-refractivity contribution in [1.82, 2.24) is 10.6 Å². The van der Waals surface area contributed by atoms with Crippen molar-refractivity contribution < 1.29 is 9.53 Å². The predicted molar refractivity (Wildman–Crippen MR) is 62.2 cm³/mol. The van der Waals surface area contributed by atoms with Crippen molar-refractivity contribution in [3.63, 3.8) is 0 Å². The molecule has 4 heteroatoms. The van der Waals surface area contributed by atoms with Crippen LogP contribution in [0.1, 0.15) is 39.0 Å². The summed E-state index contributed by atoms with van der Waals surface area (Å²) in [5.74, 6) is 0.106. The van der Waals surface area contributed by atoms with Crippen LogP contribution < -0.4 is 10.6 Å². The maximum Gasteiger partial charge on any atom is 0.234 e. The first-order chi connectivity index (χ1) is 7.75. The fourth-order valence-electron chi connectivity index (χ4n) is 2.55. The molecule has 1 heterocycles. The van der Waals surface area contributed by atoms with E-state index in [1.54, 1.807) is 0 Å². The Hall–Kier alpha value is -0.610. The second-order valence-corrected chi connectivity index (χ2v) is 4.90. The summed E-state index contributed by atoms with van der Waals surface area (Å²) in [4.78, 5) is 11.7. The molecule has 0 aromatic carbocycles. The molecule has 92 valence electrons. The van der Waals surface area contributed by atoms with Gasteiger partial charge in [0.2, 0.25) is 5.91 Å². The number of hydrogen-bond acceptors (Lipinski definition) is 3. The van der Waals surface area contributed by atoms with Crippen molar-refractivity contribution in [2.45, 2.75) is 57.2 Å². The van der Waals surface area contributed by atoms with E-state index in [9.17, 15) is 4.79 Å². The van der Waals surface area contributed by atoms with Crippen molar-refractivity contribution in [3.8, 4) is 0 Å². The van der Waals surface area contributed by atoms with Gasteiger partial charge in [0.25, 0.3) is 0 Å². The molecule has 0 aromatic rings. The van der Waals surface area contributed by atoms with E-state index in [2.05, 4.69) is 10.6 Å². The van der Waals surface area contributed by atoms with E-state index in [-0.39, 0.29) is 18.1 Å². The largest absolute Gasteiger partial charge is 0.376 e. The van der Waals surface area contributed by atoms with Crippen LogP contribution in [0.15, 0.2) is 0 Å². The summed E-state index contributed by atoms with van der Waals surface area (Å²) in [5.41, 5.74) is 0. The van der Waals surface area contributed by atoms with Crippen LogP contribution in [-0.2, 0) is 9.53 Å². The molecule has 2 N–H and O–H groups in total. The first-order valence-corrected chi connectivity index (χ1v) is 6.40. The molecule has 2 aliphatic rings. The van der Waals surface area contributed by atoms with Gasteiger partial charge in [-0.2, -0.15) is 0 Å². The normalized spacial score (nSPS) is 30.8. The molecule has 0 aromatic heterocycles. The van der Waals surface area contributed by atoms with Crippen LogP contribution in [-0.4, -0.2) is 37.2 Å². The second-order valence-electron chi connectivity index (χ2n) is 4.90. The SMILES string of the molecule is CC1OCCC1NC(=O)CNC1CCCC1. The third-order valence-corrected chi connectivity index (χ3v) is 3.63. The Morgan fingerprint density at radius 3 is 2.69 bits per heavy atom. The molecule has 16 heavy (non-hydrogen) atoms. The smallest absolute Gasteiger partial charge is 0.234 e. The number of rotatable bonds is 4. The fourth-order valence-corrected chi connectivity index (χ4v) is 2.55. The van der Waals surface area contributed by atoms with Crippen molar-refractivity contribution in [1.29, 1.82) is 0 Å². The van der Waals surface area contributed by atoms with Crippen molar-refractivity contribution >= 4 is 5.91 Å². The van der Waals surface area contributed by atoms with E-state index in [0.717, 1.165) is 13.0 Å². The molecule has 2 unspecified atom stereocenters. The van der Waals surface area contributed by atoms with Crippen LogP contribution >= 0.6 is 0 Å². The van der Waals surface area contributed by atoms with Gasteiger partial charge in [-0.1, -0.05) is 12.8 Å². The zero-order valence-electron chi connectivity index (χ0n) is 10.00. The van der Waals surface area contributed by atoms with E-state index in [1.807, 2.05) is 6.92 Å². The van der Waals surface area contributed by atoms with Gasteiger partial charge >= 0.3 is 0 Å². The van der Waals surface area contributed by atoms with Gasteiger partial charge < -0.3 is 15.4 Å². The minimum absolute atomic E-state index is 0.106. The molecule has 2 fully saturated rings. The zero-order valence-corrected chi connectivity index (χ0v) is 10.00. The molecule has 1 aliphatic carbocycles. The van der Waals surface area contributed by atoms with Gasteiger partial charge in [0.1, 0.15) is 0 Å². The number of carbonyl (C=O) groups excluding carboxylic acids is 1. The number of carbonyl (C=O) groups is 1. The van der Waals surface area contributed by atoms with E-state index < -0.39 is 0 Å². The summed E-state index contributed by atoms with van der Waals surface area (Å²) >= 11 is 0. The van der Waals surface area contributed by atoms with Crippen LogP contribution in [0.3, 0.4) is 0 Å². The minimum atomic E-state index is 0.106. The van der Waals surface area contributed by atoms with Crippen LogP contribution in [0.4, 0.5) is 0 Å². The Balaban J connectivity index is 1.63. The topological polar surface area (TPSA) is 50.4 Å².